The quantitative estimate of drug-likeness (QED) is 0.708. The molecule has 0 radical (unpaired) electrons. The second-order valence-corrected chi connectivity index (χ2v) is 8.07. The highest BCUT2D eigenvalue weighted by Gasteiger charge is 2.33. The number of halogens is 1. The first kappa shape index (κ1) is 17.8. The molecule has 1 aromatic heterocycles. The standard InChI is InChI=1S/C20H26FNO3/c1-12-11-22(19(23)25-20(3,4)5)7-6-16(12)17-10-15(21)9-14-8-13(2)24-18(14)17/h8-10,12,16H,6-7,11H2,1-5H3/t12-,16+/m0/s1. The van der Waals surface area contributed by atoms with Gasteiger partial charge >= 0.3 is 6.09 Å². The molecule has 1 aliphatic rings. The van der Waals surface area contributed by atoms with Gasteiger partial charge in [-0.05, 0) is 64.2 Å². The van der Waals surface area contributed by atoms with Crippen molar-refractivity contribution < 1.29 is 18.3 Å². The van der Waals surface area contributed by atoms with Crippen molar-refractivity contribution in [2.24, 2.45) is 5.92 Å². The number of likely N-dealkylation sites (tertiary alicyclic amines) is 1. The van der Waals surface area contributed by atoms with Gasteiger partial charge < -0.3 is 14.1 Å². The minimum atomic E-state index is -0.502. The molecule has 0 spiro atoms. The van der Waals surface area contributed by atoms with Crippen molar-refractivity contribution >= 4 is 17.1 Å². The molecule has 5 heteroatoms. The number of fused-ring (bicyclic) bond motifs is 1. The summed E-state index contributed by atoms with van der Waals surface area (Å²) in [6, 6.07) is 4.95. The number of hydrogen-bond acceptors (Lipinski definition) is 3. The summed E-state index contributed by atoms with van der Waals surface area (Å²) >= 11 is 0. The Labute approximate surface area is 147 Å². The lowest BCUT2D eigenvalue weighted by molar-refractivity contribution is 0.0155. The number of nitrogens with zero attached hydrogens (tertiary/aromatic N) is 1. The molecule has 0 unspecified atom stereocenters. The molecule has 2 atom stereocenters. The number of ether oxygens (including phenoxy) is 1. The van der Waals surface area contributed by atoms with E-state index in [4.69, 9.17) is 9.15 Å². The number of hydrogen-bond donors (Lipinski definition) is 0. The fourth-order valence-electron chi connectivity index (χ4n) is 3.65. The lowest BCUT2D eigenvalue weighted by Gasteiger charge is -2.37. The minimum absolute atomic E-state index is 0.155. The van der Waals surface area contributed by atoms with Crippen LogP contribution in [0.15, 0.2) is 22.6 Å². The van der Waals surface area contributed by atoms with E-state index in [-0.39, 0.29) is 23.7 Å². The van der Waals surface area contributed by atoms with Crippen LogP contribution in [0, 0.1) is 18.7 Å². The van der Waals surface area contributed by atoms with Gasteiger partial charge in [0, 0.05) is 24.0 Å². The number of furan rings is 1. The van der Waals surface area contributed by atoms with Crippen molar-refractivity contribution in [3.8, 4) is 0 Å². The lowest BCUT2D eigenvalue weighted by atomic mass is 9.81. The number of rotatable bonds is 1. The predicted octanol–water partition coefficient (Wildman–Crippen LogP) is 5.24. The van der Waals surface area contributed by atoms with Crippen LogP contribution in [-0.2, 0) is 4.74 Å². The van der Waals surface area contributed by atoms with Crippen molar-refractivity contribution in [3.05, 3.63) is 35.3 Å². The number of piperidine rings is 1. The molecule has 136 valence electrons. The van der Waals surface area contributed by atoms with E-state index in [0.29, 0.717) is 13.1 Å². The summed E-state index contributed by atoms with van der Waals surface area (Å²) in [5.74, 6) is 0.880. The first-order valence-corrected chi connectivity index (χ1v) is 8.81. The maximum atomic E-state index is 14.1. The first-order chi connectivity index (χ1) is 11.6. The van der Waals surface area contributed by atoms with Crippen LogP contribution in [-0.4, -0.2) is 29.7 Å². The number of carbonyl (C=O) groups excluding carboxylic acids is 1. The Morgan fingerprint density at radius 3 is 2.68 bits per heavy atom. The summed E-state index contributed by atoms with van der Waals surface area (Å²) in [7, 11) is 0. The Bertz CT molecular complexity index is 790. The molecular formula is C20H26FNO3. The highest BCUT2D eigenvalue weighted by molar-refractivity contribution is 5.82. The summed E-state index contributed by atoms with van der Waals surface area (Å²) in [4.78, 5) is 14.0. The summed E-state index contributed by atoms with van der Waals surface area (Å²) in [6.45, 7) is 10.8. The molecule has 1 aromatic carbocycles. The van der Waals surface area contributed by atoms with Gasteiger partial charge in [0.15, 0.2) is 0 Å². The maximum absolute atomic E-state index is 14.1. The van der Waals surface area contributed by atoms with Gasteiger partial charge in [-0.3, -0.25) is 0 Å². The Kier molecular flexibility index (Phi) is 4.52. The van der Waals surface area contributed by atoms with Gasteiger partial charge in [0.2, 0.25) is 0 Å². The molecule has 2 heterocycles. The third-order valence-corrected chi connectivity index (χ3v) is 4.69. The second kappa shape index (κ2) is 6.36. The van der Waals surface area contributed by atoms with Gasteiger partial charge in [0.25, 0.3) is 0 Å². The number of aryl methyl sites for hydroxylation is 1. The summed E-state index contributed by atoms with van der Waals surface area (Å²) in [6.07, 6.45) is 0.481. The van der Waals surface area contributed by atoms with E-state index in [1.807, 2.05) is 33.8 Å². The van der Waals surface area contributed by atoms with Crippen LogP contribution in [0.2, 0.25) is 0 Å². The van der Waals surface area contributed by atoms with Gasteiger partial charge in [-0.1, -0.05) is 6.92 Å². The van der Waals surface area contributed by atoms with Crippen LogP contribution in [0.1, 0.15) is 51.4 Å². The van der Waals surface area contributed by atoms with E-state index in [9.17, 15) is 9.18 Å². The van der Waals surface area contributed by atoms with Crippen molar-refractivity contribution in [1.29, 1.82) is 0 Å². The third kappa shape index (κ3) is 3.80. The first-order valence-electron chi connectivity index (χ1n) is 8.81. The molecule has 0 saturated carbocycles. The van der Waals surface area contributed by atoms with Crippen LogP contribution in [0.25, 0.3) is 11.0 Å². The van der Waals surface area contributed by atoms with Gasteiger partial charge in [0.1, 0.15) is 22.8 Å². The van der Waals surface area contributed by atoms with E-state index in [2.05, 4.69) is 6.92 Å². The molecule has 1 amide bonds. The van der Waals surface area contributed by atoms with Crippen molar-refractivity contribution in [1.82, 2.24) is 4.90 Å². The zero-order valence-corrected chi connectivity index (χ0v) is 15.6. The van der Waals surface area contributed by atoms with Gasteiger partial charge in [-0.2, -0.15) is 0 Å². The molecule has 1 aliphatic heterocycles. The minimum Gasteiger partial charge on any atom is -0.461 e. The topological polar surface area (TPSA) is 42.7 Å². The van der Waals surface area contributed by atoms with Gasteiger partial charge in [-0.15, -0.1) is 0 Å². The monoisotopic (exact) mass is 347 g/mol. The van der Waals surface area contributed by atoms with Crippen LogP contribution < -0.4 is 0 Å². The van der Waals surface area contributed by atoms with Crippen LogP contribution in [0.3, 0.4) is 0 Å². The van der Waals surface area contributed by atoms with Gasteiger partial charge in [0.05, 0.1) is 0 Å². The Hall–Kier alpha value is -2.04. The Balaban J connectivity index is 1.82. The molecule has 4 nitrogen and oxygen atoms in total. The summed E-state index contributed by atoms with van der Waals surface area (Å²) < 4.78 is 25.3. The van der Waals surface area contributed by atoms with E-state index in [0.717, 1.165) is 28.7 Å². The second-order valence-electron chi connectivity index (χ2n) is 8.07. The molecule has 25 heavy (non-hydrogen) atoms. The Morgan fingerprint density at radius 2 is 2.04 bits per heavy atom. The summed E-state index contributed by atoms with van der Waals surface area (Å²) in [5, 5.41) is 0.800. The maximum Gasteiger partial charge on any atom is 0.410 e. The van der Waals surface area contributed by atoms with E-state index in [1.54, 1.807) is 11.0 Å². The largest absolute Gasteiger partial charge is 0.461 e. The van der Waals surface area contributed by atoms with Crippen molar-refractivity contribution in [2.45, 2.75) is 52.6 Å². The summed E-state index contributed by atoms with van der Waals surface area (Å²) in [5.41, 5.74) is 1.17. The highest BCUT2D eigenvalue weighted by atomic mass is 19.1. The molecule has 1 fully saturated rings. The molecular weight excluding hydrogens is 321 g/mol. The number of benzene rings is 1. The fourth-order valence-corrected chi connectivity index (χ4v) is 3.65. The zero-order chi connectivity index (χ0) is 18.4. The van der Waals surface area contributed by atoms with Crippen LogP contribution in [0.5, 0.6) is 0 Å². The molecule has 0 aliphatic carbocycles. The molecule has 1 saturated heterocycles. The van der Waals surface area contributed by atoms with Gasteiger partial charge in [-0.25, -0.2) is 9.18 Å². The highest BCUT2D eigenvalue weighted by Crippen LogP contribution is 2.38. The normalized spacial score (nSPS) is 21.6. The number of amides is 1. The average Bonchev–Trinajstić information content (AvgIpc) is 2.84. The molecule has 0 bridgehead atoms. The van der Waals surface area contributed by atoms with E-state index >= 15 is 0 Å². The van der Waals surface area contributed by atoms with Crippen molar-refractivity contribution in [3.63, 3.8) is 0 Å². The van der Waals surface area contributed by atoms with E-state index in [1.165, 1.54) is 6.07 Å². The zero-order valence-electron chi connectivity index (χ0n) is 15.6. The van der Waals surface area contributed by atoms with Crippen molar-refractivity contribution in [2.75, 3.05) is 13.1 Å². The van der Waals surface area contributed by atoms with Crippen LogP contribution >= 0.6 is 0 Å². The SMILES string of the molecule is Cc1cc2cc(F)cc([C@@H]3CCN(C(=O)OC(C)(C)C)C[C@@H]3C)c2o1. The average molecular weight is 347 g/mol. The molecule has 2 aromatic rings. The van der Waals surface area contributed by atoms with E-state index < -0.39 is 5.60 Å². The number of carbonyl (C=O) groups is 1. The lowest BCUT2D eigenvalue weighted by Crippen LogP contribution is -2.44. The smallest absolute Gasteiger partial charge is 0.410 e. The van der Waals surface area contributed by atoms with Crippen LogP contribution in [0.4, 0.5) is 9.18 Å². The molecule has 0 N–H and O–H groups in total. The fraction of sp³-hybridized carbons (Fsp3) is 0.550. The Morgan fingerprint density at radius 1 is 1.32 bits per heavy atom. The predicted molar refractivity (Wildman–Crippen MR) is 95.2 cm³/mol. The molecule has 3 rings (SSSR count). The third-order valence-electron chi connectivity index (χ3n) is 4.69.